The molecule has 33 heavy (non-hydrogen) atoms. The number of ketones is 2. The maximum absolute atomic E-state index is 13.8. The number of rotatable bonds is 4. The van der Waals surface area contributed by atoms with Crippen LogP contribution in [0.15, 0.2) is 48.7 Å². The molecule has 1 aromatic heterocycles. The summed E-state index contributed by atoms with van der Waals surface area (Å²) in [7, 11) is -4.93. The number of phosphoric acid groups is 1. The van der Waals surface area contributed by atoms with Crippen molar-refractivity contribution in [2.45, 2.75) is 45.1 Å². The number of fused-ring (bicyclic) bond motifs is 5. The number of hydrogen-bond acceptors (Lipinski definition) is 4. The fourth-order valence-electron chi connectivity index (χ4n) is 5.69. The third-order valence-electron chi connectivity index (χ3n) is 7.20. The molecule has 1 unspecified atom stereocenters. The Morgan fingerprint density at radius 1 is 0.970 bits per heavy atom. The molecule has 0 spiro atoms. The number of carbonyl (C=O) groups is 2. The van der Waals surface area contributed by atoms with E-state index in [4.69, 9.17) is 4.52 Å². The predicted molar refractivity (Wildman–Crippen MR) is 122 cm³/mol. The van der Waals surface area contributed by atoms with Gasteiger partial charge in [-0.25, -0.2) is 4.57 Å². The largest absolute Gasteiger partial charge is 0.524 e. The summed E-state index contributed by atoms with van der Waals surface area (Å²) in [6.45, 7) is 6.22. The number of benzene rings is 2. The van der Waals surface area contributed by atoms with Gasteiger partial charge in [-0.3, -0.25) is 19.4 Å². The summed E-state index contributed by atoms with van der Waals surface area (Å²) in [5.41, 5.74) is 3.24. The van der Waals surface area contributed by atoms with E-state index in [2.05, 4.69) is 30.5 Å². The Hall–Kier alpha value is -2.99. The average molecular weight is 465 g/mol. The van der Waals surface area contributed by atoms with Crippen molar-refractivity contribution in [3.05, 3.63) is 87.7 Å². The van der Waals surface area contributed by atoms with Crippen LogP contribution in [-0.2, 0) is 10.1 Å². The molecule has 0 amide bonds. The van der Waals surface area contributed by atoms with Crippen molar-refractivity contribution >= 4 is 19.4 Å². The molecule has 5 rings (SSSR count). The van der Waals surface area contributed by atoms with Crippen LogP contribution in [0, 0.1) is 0 Å². The van der Waals surface area contributed by atoms with Crippen LogP contribution < -0.4 is 4.52 Å². The van der Waals surface area contributed by atoms with Crippen molar-refractivity contribution in [2.75, 3.05) is 0 Å². The van der Waals surface area contributed by atoms with Gasteiger partial charge in [-0.15, -0.1) is 0 Å². The Morgan fingerprint density at radius 2 is 1.67 bits per heavy atom. The number of hydrogen-bond donors (Lipinski definition) is 2. The third kappa shape index (κ3) is 2.93. The molecular weight excluding hydrogens is 441 g/mol. The highest BCUT2D eigenvalue weighted by molar-refractivity contribution is 7.46. The van der Waals surface area contributed by atoms with Crippen molar-refractivity contribution in [2.24, 2.45) is 0 Å². The minimum absolute atomic E-state index is 0.0881. The van der Waals surface area contributed by atoms with E-state index in [1.807, 2.05) is 19.1 Å². The summed E-state index contributed by atoms with van der Waals surface area (Å²) in [6, 6.07) is 12.4. The second-order valence-electron chi connectivity index (χ2n) is 8.64. The van der Waals surface area contributed by atoms with Crippen molar-refractivity contribution in [3.63, 3.8) is 0 Å². The SMILES string of the molecule is CCC1(CC)c2ccccc2C(C)c2c3c(cn21)C(=O)c1cccc(OP(=O)(O)O)c1C3=O. The van der Waals surface area contributed by atoms with Crippen LogP contribution in [0.25, 0.3) is 0 Å². The lowest BCUT2D eigenvalue weighted by molar-refractivity contribution is 0.0977. The van der Waals surface area contributed by atoms with Crippen molar-refractivity contribution in [1.82, 2.24) is 4.57 Å². The smallest absolute Gasteiger partial charge is 0.403 e. The molecule has 8 heteroatoms. The molecule has 7 nitrogen and oxygen atoms in total. The van der Waals surface area contributed by atoms with Gasteiger partial charge in [0.2, 0.25) is 0 Å². The Morgan fingerprint density at radius 3 is 2.33 bits per heavy atom. The second-order valence-corrected chi connectivity index (χ2v) is 9.80. The number of aromatic nitrogens is 1. The van der Waals surface area contributed by atoms with Gasteiger partial charge in [-0.05, 0) is 30.0 Å². The molecule has 3 aromatic rings. The van der Waals surface area contributed by atoms with E-state index < -0.39 is 19.1 Å². The summed E-state index contributed by atoms with van der Waals surface area (Å²) in [5.74, 6) is -1.24. The van der Waals surface area contributed by atoms with Crippen LogP contribution in [0.3, 0.4) is 0 Å². The molecule has 2 N–H and O–H groups in total. The van der Waals surface area contributed by atoms with Crippen LogP contribution in [0.1, 0.15) is 88.2 Å². The zero-order chi connectivity index (χ0) is 23.7. The van der Waals surface area contributed by atoms with Gasteiger partial charge >= 0.3 is 7.82 Å². The normalized spacial score (nSPS) is 18.3. The van der Waals surface area contributed by atoms with Gasteiger partial charge in [-0.2, -0.15) is 0 Å². The van der Waals surface area contributed by atoms with Gasteiger partial charge in [0.05, 0.1) is 22.2 Å². The maximum Gasteiger partial charge on any atom is 0.524 e. The third-order valence-corrected chi connectivity index (χ3v) is 7.63. The fourth-order valence-corrected chi connectivity index (χ4v) is 6.10. The lowest BCUT2D eigenvalue weighted by Crippen LogP contribution is -2.40. The van der Waals surface area contributed by atoms with Gasteiger partial charge < -0.3 is 9.09 Å². The maximum atomic E-state index is 13.8. The minimum atomic E-state index is -4.93. The monoisotopic (exact) mass is 465 g/mol. The molecule has 170 valence electrons. The summed E-state index contributed by atoms with van der Waals surface area (Å²) in [4.78, 5) is 46.1. The van der Waals surface area contributed by atoms with Gasteiger partial charge in [0.1, 0.15) is 5.75 Å². The van der Waals surface area contributed by atoms with Crippen LogP contribution in [0.4, 0.5) is 0 Å². The van der Waals surface area contributed by atoms with Gasteiger partial charge in [0, 0.05) is 23.4 Å². The topological polar surface area (TPSA) is 106 Å². The molecule has 0 bridgehead atoms. The van der Waals surface area contributed by atoms with Gasteiger partial charge in [0.15, 0.2) is 11.6 Å². The average Bonchev–Trinajstić information content (AvgIpc) is 3.19. The molecule has 0 fully saturated rings. The molecule has 1 aliphatic heterocycles. The number of phosphoric ester groups is 1. The zero-order valence-electron chi connectivity index (χ0n) is 18.5. The Bertz CT molecular complexity index is 1380. The lowest BCUT2D eigenvalue weighted by Gasteiger charge is -2.43. The molecule has 0 saturated carbocycles. The Labute approximate surface area is 191 Å². The van der Waals surface area contributed by atoms with E-state index in [0.29, 0.717) is 11.1 Å². The van der Waals surface area contributed by atoms with Crippen molar-refractivity contribution in [3.8, 4) is 5.75 Å². The summed E-state index contributed by atoms with van der Waals surface area (Å²) in [6.07, 6.45) is 3.34. The van der Waals surface area contributed by atoms with Crippen LogP contribution in [-0.4, -0.2) is 25.9 Å². The molecule has 0 radical (unpaired) electrons. The molecule has 2 aromatic carbocycles. The first kappa shape index (κ1) is 21.8. The molecule has 1 atom stereocenters. The first-order chi connectivity index (χ1) is 15.6. The Kier molecular flexibility index (Phi) is 4.80. The van der Waals surface area contributed by atoms with E-state index in [-0.39, 0.29) is 28.6 Å². The van der Waals surface area contributed by atoms with Gasteiger partial charge in [0.25, 0.3) is 0 Å². The molecule has 2 heterocycles. The van der Waals surface area contributed by atoms with E-state index in [1.54, 1.807) is 6.20 Å². The highest BCUT2D eigenvalue weighted by atomic mass is 31.2. The number of carbonyl (C=O) groups excluding carboxylic acids is 2. The van der Waals surface area contributed by atoms with Crippen molar-refractivity contribution < 1.29 is 28.5 Å². The summed E-state index contributed by atoms with van der Waals surface area (Å²) >= 11 is 0. The van der Waals surface area contributed by atoms with Gasteiger partial charge in [-0.1, -0.05) is 57.2 Å². The molecule has 2 aliphatic rings. The fraction of sp³-hybridized carbons (Fsp3) is 0.280. The lowest BCUT2D eigenvalue weighted by atomic mass is 9.73. The van der Waals surface area contributed by atoms with E-state index in [9.17, 15) is 23.9 Å². The standard InChI is InChI=1S/C25H24NO6P/c1-4-25(5-2)18-11-7-6-9-15(18)14(3)22-21-17(13-26(22)25)23(27)16-10-8-12-19(20(16)24(21)28)32-33(29,30)31/h6-14H,4-5H2,1-3H3,(H2,29,30,31). The van der Waals surface area contributed by atoms with Crippen molar-refractivity contribution in [1.29, 1.82) is 0 Å². The highest BCUT2D eigenvalue weighted by Gasteiger charge is 2.46. The summed E-state index contributed by atoms with van der Waals surface area (Å²) in [5, 5.41) is 0. The first-order valence-electron chi connectivity index (χ1n) is 11.0. The van der Waals surface area contributed by atoms with Crippen LogP contribution >= 0.6 is 7.82 Å². The summed E-state index contributed by atoms with van der Waals surface area (Å²) < 4.78 is 18.4. The molecule has 0 saturated heterocycles. The predicted octanol–water partition coefficient (Wildman–Crippen LogP) is 4.76. The Balaban J connectivity index is 1.81. The quantitative estimate of drug-likeness (QED) is 0.421. The highest BCUT2D eigenvalue weighted by Crippen LogP contribution is 2.50. The molecular formula is C25H24NO6P. The van der Waals surface area contributed by atoms with Crippen LogP contribution in [0.2, 0.25) is 0 Å². The minimum Gasteiger partial charge on any atom is -0.403 e. The number of nitrogens with zero attached hydrogens (tertiary/aromatic N) is 1. The van der Waals surface area contributed by atoms with Crippen LogP contribution in [0.5, 0.6) is 5.75 Å². The van der Waals surface area contributed by atoms with E-state index in [0.717, 1.165) is 24.1 Å². The van der Waals surface area contributed by atoms with E-state index in [1.165, 1.54) is 23.8 Å². The molecule has 1 aliphatic carbocycles. The first-order valence-corrected chi connectivity index (χ1v) is 12.5. The second kappa shape index (κ2) is 7.26. The zero-order valence-corrected chi connectivity index (χ0v) is 19.4. The van der Waals surface area contributed by atoms with E-state index >= 15 is 0 Å².